The van der Waals surface area contributed by atoms with Crippen LogP contribution >= 0.6 is 11.6 Å². The smallest absolute Gasteiger partial charge is 0.328 e. The molecule has 0 bridgehead atoms. The number of halogens is 1. The molecule has 1 atom stereocenters. The molecule has 6 saturated heterocycles. The topological polar surface area (TPSA) is 110 Å². The van der Waals surface area contributed by atoms with Gasteiger partial charge in [-0.15, -0.1) is 0 Å². The molecule has 0 aromatic heterocycles. The van der Waals surface area contributed by atoms with Crippen LogP contribution in [0.5, 0.6) is 0 Å². The number of hydrogen-bond acceptors (Lipinski definition) is 9. The summed E-state index contributed by atoms with van der Waals surface area (Å²) >= 11 is 6.39. The van der Waals surface area contributed by atoms with Crippen molar-refractivity contribution in [3.05, 3.63) is 82.9 Å². The van der Waals surface area contributed by atoms with Gasteiger partial charge in [-0.2, -0.15) is 5.26 Å². The molecule has 3 aromatic carbocycles. The van der Waals surface area contributed by atoms with E-state index >= 15 is 0 Å². The Bertz CT molecular complexity index is 2090. The highest BCUT2D eigenvalue weighted by atomic mass is 35.5. The van der Waals surface area contributed by atoms with Gasteiger partial charge in [0.2, 0.25) is 5.91 Å². The van der Waals surface area contributed by atoms with E-state index in [1.165, 1.54) is 24.2 Å². The minimum atomic E-state index is -0.344. The minimum absolute atomic E-state index is 0.161. The van der Waals surface area contributed by atoms with Crippen molar-refractivity contribution in [3.8, 4) is 6.07 Å². The van der Waals surface area contributed by atoms with Gasteiger partial charge in [-0.1, -0.05) is 11.6 Å². The largest absolute Gasteiger partial charge is 0.371 e. The van der Waals surface area contributed by atoms with E-state index in [1.54, 1.807) is 4.90 Å². The van der Waals surface area contributed by atoms with Gasteiger partial charge in [-0.05, 0) is 143 Å². The molecule has 6 fully saturated rings. The molecule has 61 heavy (non-hydrogen) atoms. The predicted octanol–water partition coefficient (Wildman–Crippen LogP) is 6.68. The van der Waals surface area contributed by atoms with Crippen molar-refractivity contribution in [2.24, 2.45) is 11.3 Å². The highest BCUT2D eigenvalue weighted by Gasteiger charge is 2.44. The molecule has 6 aliphatic heterocycles. The van der Waals surface area contributed by atoms with Crippen LogP contribution in [0.15, 0.2) is 66.7 Å². The summed E-state index contributed by atoms with van der Waals surface area (Å²) in [6.45, 7) is 15.0. The van der Waals surface area contributed by atoms with Crippen molar-refractivity contribution < 1.29 is 14.4 Å². The number of nitrogens with one attached hydrogen (secondary N) is 1. The number of nitriles is 1. The maximum atomic E-state index is 13.6. The Hall–Kier alpha value is -4.83. The number of hydrogen-bond donors (Lipinski definition) is 1. The Morgan fingerprint density at radius 2 is 1.39 bits per heavy atom. The molecule has 9 rings (SSSR count). The summed E-state index contributed by atoms with van der Waals surface area (Å²) in [7, 11) is 0. The van der Waals surface area contributed by atoms with Crippen LogP contribution in [0.3, 0.4) is 0 Å². The van der Waals surface area contributed by atoms with Crippen LogP contribution in [0.1, 0.15) is 74.2 Å². The van der Waals surface area contributed by atoms with E-state index in [-0.39, 0.29) is 23.3 Å². The van der Waals surface area contributed by atoms with Gasteiger partial charge in [-0.25, -0.2) is 4.79 Å². The van der Waals surface area contributed by atoms with E-state index in [4.69, 9.17) is 11.6 Å². The lowest BCUT2D eigenvalue weighted by atomic mass is 9.76. The molecule has 4 amide bonds. The Kier molecular flexibility index (Phi) is 12.2. The molecular weight excluding hydrogens is 786 g/mol. The van der Waals surface area contributed by atoms with E-state index < -0.39 is 0 Å². The lowest BCUT2D eigenvalue weighted by Gasteiger charge is -2.44. The number of rotatable bonds is 8. The number of amides is 4. The van der Waals surface area contributed by atoms with Crippen molar-refractivity contribution in [1.82, 2.24) is 20.0 Å². The summed E-state index contributed by atoms with van der Waals surface area (Å²) in [5.41, 5.74) is 5.91. The number of piperidine rings is 3. The number of likely N-dealkylation sites (tertiary alicyclic amines) is 2. The Labute approximate surface area is 366 Å². The van der Waals surface area contributed by atoms with Gasteiger partial charge in [-0.3, -0.25) is 24.7 Å². The first-order chi connectivity index (χ1) is 29.6. The fourth-order valence-corrected chi connectivity index (χ4v) is 11.4. The molecule has 0 radical (unpaired) electrons. The molecule has 1 unspecified atom stereocenters. The van der Waals surface area contributed by atoms with Crippen molar-refractivity contribution in [2.75, 3.05) is 105 Å². The average molecular weight is 847 g/mol. The first-order valence-electron chi connectivity index (χ1n) is 22.7. The number of carbonyl (C=O) groups excluding carboxylic acids is 3. The maximum Gasteiger partial charge on any atom is 0.328 e. The normalized spacial score (nSPS) is 23.4. The van der Waals surface area contributed by atoms with E-state index in [1.807, 2.05) is 42.5 Å². The summed E-state index contributed by atoms with van der Waals surface area (Å²) in [6.07, 6.45) is 8.34. The second kappa shape index (κ2) is 17.9. The SMILES string of the molecule is CC1CC2(CCN(c3ccc(C(=O)N4CCC(CN5CCC(N6CCN(c7ccc(N8CCC(=O)NC8=O)cc7)CC6)CC5)CC4)cc3)CC2)CN1c1ccc(C#N)c(Cl)c1. The molecule has 0 saturated carbocycles. The van der Waals surface area contributed by atoms with Crippen LogP contribution in [-0.2, 0) is 4.79 Å². The quantitative estimate of drug-likeness (QED) is 0.266. The number of urea groups is 1. The summed E-state index contributed by atoms with van der Waals surface area (Å²) in [6, 6.07) is 25.2. The van der Waals surface area contributed by atoms with Gasteiger partial charge in [0.1, 0.15) is 6.07 Å². The van der Waals surface area contributed by atoms with Gasteiger partial charge >= 0.3 is 6.03 Å². The number of carbonyl (C=O) groups is 3. The number of imide groups is 1. The third kappa shape index (κ3) is 9.06. The molecule has 322 valence electrons. The standard InChI is InChI=1S/C48H60ClN9O3/c1-35-31-48(34-58(35)43-7-4-38(32-50)44(49)30-43)17-24-53(25-18-48)39-5-2-37(3-6-39)46(60)56-21-12-36(13-22-56)33-52-19-14-41(15-20-52)55-28-26-54(27-29-55)40-8-10-42(11-9-40)57-23-16-45(59)51-47(57)61/h2-11,30,35-36,41H,12-29,31,33-34H2,1H3,(H,51,59,61). The third-order valence-corrected chi connectivity index (χ3v) is 15.2. The van der Waals surface area contributed by atoms with Gasteiger partial charge in [0.15, 0.2) is 0 Å². The minimum Gasteiger partial charge on any atom is -0.371 e. The Balaban J connectivity index is 0.674. The average Bonchev–Trinajstić information content (AvgIpc) is 3.61. The fourth-order valence-electron chi connectivity index (χ4n) is 11.2. The van der Waals surface area contributed by atoms with Gasteiger partial charge in [0, 0.05) is 119 Å². The third-order valence-electron chi connectivity index (χ3n) is 14.9. The van der Waals surface area contributed by atoms with Crippen LogP contribution in [0, 0.1) is 22.7 Å². The second-order valence-electron chi connectivity index (χ2n) is 18.6. The van der Waals surface area contributed by atoms with E-state index in [0.29, 0.717) is 41.6 Å². The lowest BCUT2D eigenvalue weighted by molar-refractivity contribution is -0.120. The molecule has 1 N–H and O–H groups in total. The van der Waals surface area contributed by atoms with Crippen LogP contribution in [0.25, 0.3) is 0 Å². The van der Waals surface area contributed by atoms with Crippen LogP contribution in [0.4, 0.5) is 27.5 Å². The Morgan fingerprint density at radius 1 is 0.770 bits per heavy atom. The van der Waals surface area contributed by atoms with Crippen LogP contribution in [0.2, 0.25) is 5.02 Å². The van der Waals surface area contributed by atoms with Crippen molar-refractivity contribution in [2.45, 2.75) is 70.4 Å². The van der Waals surface area contributed by atoms with Gasteiger partial charge in [0.25, 0.3) is 5.91 Å². The highest BCUT2D eigenvalue weighted by molar-refractivity contribution is 6.32. The second-order valence-corrected chi connectivity index (χ2v) is 19.0. The lowest BCUT2D eigenvalue weighted by Crippen LogP contribution is -2.53. The fraction of sp³-hybridized carbons (Fsp3) is 0.542. The number of benzene rings is 3. The number of anilines is 4. The molecule has 3 aromatic rings. The molecular formula is C48H60ClN9O3. The molecule has 1 spiro atoms. The number of nitrogens with zero attached hydrogens (tertiary/aromatic N) is 8. The van der Waals surface area contributed by atoms with Crippen molar-refractivity contribution in [3.63, 3.8) is 0 Å². The summed E-state index contributed by atoms with van der Waals surface area (Å²) in [5, 5.41) is 12.2. The van der Waals surface area contributed by atoms with Gasteiger partial charge in [0.05, 0.1) is 10.6 Å². The summed E-state index contributed by atoms with van der Waals surface area (Å²) in [4.78, 5) is 53.8. The highest BCUT2D eigenvalue weighted by Crippen LogP contribution is 2.46. The molecule has 12 nitrogen and oxygen atoms in total. The first kappa shape index (κ1) is 41.5. The van der Waals surface area contributed by atoms with Crippen molar-refractivity contribution in [1.29, 1.82) is 5.26 Å². The zero-order chi connectivity index (χ0) is 42.1. The molecule has 13 heteroatoms. The maximum absolute atomic E-state index is 13.6. The number of piperazine rings is 1. The van der Waals surface area contributed by atoms with Crippen LogP contribution < -0.4 is 24.9 Å². The van der Waals surface area contributed by atoms with E-state index in [0.717, 1.165) is 128 Å². The van der Waals surface area contributed by atoms with E-state index in [9.17, 15) is 19.6 Å². The molecule has 6 aliphatic rings. The predicted molar refractivity (Wildman–Crippen MR) is 242 cm³/mol. The van der Waals surface area contributed by atoms with Crippen LogP contribution in [-0.4, -0.2) is 130 Å². The Morgan fingerprint density at radius 3 is 2.03 bits per heavy atom. The zero-order valence-electron chi connectivity index (χ0n) is 35.6. The zero-order valence-corrected chi connectivity index (χ0v) is 36.4. The summed E-state index contributed by atoms with van der Waals surface area (Å²) in [5.74, 6) is 0.591. The first-order valence-corrected chi connectivity index (χ1v) is 23.0. The van der Waals surface area contributed by atoms with E-state index in [2.05, 4.69) is 72.0 Å². The molecule has 0 aliphatic carbocycles. The monoisotopic (exact) mass is 845 g/mol. The summed E-state index contributed by atoms with van der Waals surface area (Å²) < 4.78 is 0. The van der Waals surface area contributed by atoms with Gasteiger partial charge < -0.3 is 24.5 Å². The molecule has 6 heterocycles. The van der Waals surface area contributed by atoms with Crippen molar-refractivity contribution >= 4 is 52.2 Å².